The Kier molecular flexibility index (Phi) is 7.84. The topological polar surface area (TPSA) is 59.5 Å². The van der Waals surface area contributed by atoms with E-state index in [1.54, 1.807) is 20.5 Å². The van der Waals surface area contributed by atoms with Crippen LogP contribution in [0.4, 0.5) is 11.6 Å². The molecule has 0 spiro atoms. The Morgan fingerprint density at radius 1 is 1.16 bits per heavy atom. The van der Waals surface area contributed by atoms with Gasteiger partial charge in [-0.05, 0) is 13.3 Å². The lowest BCUT2D eigenvalue weighted by molar-refractivity contribution is 0.191. The first-order valence-electron chi connectivity index (χ1n) is 6.60. The molecule has 0 bridgehead atoms. The molecule has 6 heteroatoms. The number of nitrogens with one attached hydrogen (secondary N) is 1. The minimum atomic E-state index is 0.674. The number of anilines is 2. The summed E-state index contributed by atoms with van der Waals surface area (Å²) >= 11 is 0. The fraction of sp³-hybridized carbons (Fsp3) is 0.692. The van der Waals surface area contributed by atoms with Gasteiger partial charge in [0.05, 0.1) is 6.61 Å². The van der Waals surface area contributed by atoms with Gasteiger partial charge in [0.2, 0.25) is 0 Å². The first-order chi connectivity index (χ1) is 9.31. The van der Waals surface area contributed by atoms with Gasteiger partial charge < -0.3 is 19.7 Å². The van der Waals surface area contributed by atoms with E-state index in [9.17, 15) is 0 Å². The predicted octanol–water partition coefficient (Wildman–Crippen LogP) is 1.40. The highest BCUT2D eigenvalue weighted by Crippen LogP contribution is 2.14. The molecular formula is C13H24N4O2. The Morgan fingerprint density at radius 3 is 2.63 bits per heavy atom. The van der Waals surface area contributed by atoms with E-state index in [0.717, 1.165) is 44.3 Å². The molecule has 0 unspecified atom stereocenters. The van der Waals surface area contributed by atoms with Crippen molar-refractivity contribution in [1.82, 2.24) is 9.97 Å². The summed E-state index contributed by atoms with van der Waals surface area (Å²) in [5.41, 5.74) is 0. The third kappa shape index (κ3) is 5.85. The van der Waals surface area contributed by atoms with E-state index in [1.807, 2.05) is 13.0 Å². The summed E-state index contributed by atoms with van der Waals surface area (Å²) in [6, 6.07) is 1.96. The van der Waals surface area contributed by atoms with E-state index in [2.05, 4.69) is 20.2 Å². The normalized spacial score (nSPS) is 10.5. The van der Waals surface area contributed by atoms with E-state index >= 15 is 0 Å². The zero-order chi connectivity index (χ0) is 13.9. The maximum Gasteiger partial charge on any atom is 0.134 e. The van der Waals surface area contributed by atoms with E-state index in [1.165, 1.54) is 0 Å². The minimum absolute atomic E-state index is 0.674. The maximum atomic E-state index is 5.15. The van der Waals surface area contributed by atoms with Gasteiger partial charge in [-0.15, -0.1) is 0 Å². The lowest BCUT2D eigenvalue weighted by atomic mass is 10.3. The number of aromatic nitrogens is 2. The Balaban J connectivity index is 2.68. The Labute approximate surface area is 115 Å². The van der Waals surface area contributed by atoms with E-state index in [4.69, 9.17) is 9.47 Å². The van der Waals surface area contributed by atoms with Crippen LogP contribution in [0.3, 0.4) is 0 Å². The van der Waals surface area contributed by atoms with Crippen LogP contribution in [0.5, 0.6) is 0 Å². The molecule has 0 saturated carbocycles. The van der Waals surface area contributed by atoms with Gasteiger partial charge in [0, 0.05) is 46.5 Å². The highest BCUT2D eigenvalue weighted by atomic mass is 16.5. The molecule has 108 valence electrons. The van der Waals surface area contributed by atoms with Gasteiger partial charge in [-0.2, -0.15) is 0 Å². The molecular weight excluding hydrogens is 244 g/mol. The molecule has 1 aromatic rings. The SMILES string of the molecule is CCNc1cc(N(CCCOC)CCOC)ncn1. The van der Waals surface area contributed by atoms with Crippen molar-refractivity contribution < 1.29 is 9.47 Å². The molecule has 0 aliphatic rings. The second kappa shape index (κ2) is 9.52. The summed E-state index contributed by atoms with van der Waals surface area (Å²) in [4.78, 5) is 10.7. The fourth-order valence-electron chi connectivity index (χ4n) is 1.74. The van der Waals surface area contributed by atoms with Crippen LogP contribution in [0.15, 0.2) is 12.4 Å². The molecule has 0 radical (unpaired) electrons. The van der Waals surface area contributed by atoms with Crippen LogP contribution >= 0.6 is 0 Å². The smallest absolute Gasteiger partial charge is 0.134 e. The van der Waals surface area contributed by atoms with E-state index in [0.29, 0.717) is 6.61 Å². The standard InChI is InChI=1S/C13H24N4O2/c1-4-14-12-10-13(16-11-15-12)17(7-9-19-3)6-5-8-18-2/h10-11H,4-9H2,1-3H3,(H,14,15,16). The molecule has 1 aromatic heterocycles. The monoisotopic (exact) mass is 268 g/mol. The van der Waals surface area contributed by atoms with Crippen molar-refractivity contribution in [3.8, 4) is 0 Å². The van der Waals surface area contributed by atoms with Crippen molar-refractivity contribution in [3.63, 3.8) is 0 Å². The minimum Gasteiger partial charge on any atom is -0.385 e. The lowest BCUT2D eigenvalue weighted by Crippen LogP contribution is -2.30. The van der Waals surface area contributed by atoms with Gasteiger partial charge in [0.15, 0.2) is 0 Å². The summed E-state index contributed by atoms with van der Waals surface area (Å²) in [7, 11) is 3.42. The molecule has 0 fully saturated rings. The van der Waals surface area contributed by atoms with Gasteiger partial charge in [-0.25, -0.2) is 9.97 Å². The Morgan fingerprint density at radius 2 is 1.95 bits per heavy atom. The predicted molar refractivity (Wildman–Crippen MR) is 76.8 cm³/mol. The van der Waals surface area contributed by atoms with Crippen LogP contribution in [0, 0.1) is 0 Å². The Hall–Kier alpha value is -1.40. The summed E-state index contributed by atoms with van der Waals surface area (Å²) in [6.45, 7) is 6.01. The van der Waals surface area contributed by atoms with Crippen molar-refractivity contribution in [1.29, 1.82) is 0 Å². The Bertz CT molecular complexity index is 349. The summed E-state index contributed by atoms with van der Waals surface area (Å²) in [5, 5.41) is 3.19. The number of hydrogen-bond donors (Lipinski definition) is 1. The second-order valence-electron chi connectivity index (χ2n) is 4.12. The van der Waals surface area contributed by atoms with Gasteiger partial charge in [0.25, 0.3) is 0 Å². The van der Waals surface area contributed by atoms with Crippen LogP contribution in [0.25, 0.3) is 0 Å². The van der Waals surface area contributed by atoms with Gasteiger partial charge in [-0.1, -0.05) is 0 Å². The highest BCUT2D eigenvalue weighted by molar-refractivity contribution is 5.48. The van der Waals surface area contributed by atoms with Crippen molar-refractivity contribution in [2.45, 2.75) is 13.3 Å². The zero-order valence-corrected chi connectivity index (χ0v) is 12.1. The highest BCUT2D eigenvalue weighted by Gasteiger charge is 2.08. The van der Waals surface area contributed by atoms with Gasteiger partial charge >= 0.3 is 0 Å². The van der Waals surface area contributed by atoms with Crippen LogP contribution in [-0.4, -0.2) is 57.0 Å². The molecule has 0 saturated heterocycles. The van der Waals surface area contributed by atoms with Crippen LogP contribution < -0.4 is 10.2 Å². The molecule has 19 heavy (non-hydrogen) atoms. The number of methoxy groups -OCH3 is 2. The van der Waals surface area contributed by atoms with Crippen molar-refractivity contribution >= 4 is 11.6 Å². The number of rotatable bonds is 10. The molecule has 1 heterocycles. The number of ether oxygens (including phenoxy) is 2. The zero-order valence-electron chi connectivity index (χ0n) is 12.1. The lowest BCUT2D eigenvalue weighted by Gasteiger charge is -2.23. The average molecular weight is 268 g/mol. The molecule has 0 aliphatic heterocycles. The third-order valence-corrected chi connectivity index (χ3v) is 2.68. The van der Waals surface area contributed by atoms with Crippen molar-refractivity contribution in [2.75, 3.05) is 57.3 Å². The molecule has 0 amide bonds. The molecule has 0 aliphatic carbocycles. The van der Waals surface area contributed by atoms with Gasteiger partial charge in [0.1, 0.15) is 18.0 Å². The third-order valence-electron chi connectivity index (χ3n) is 2.68. The van der Waals surface area contributed by atoms with Crippen LogP contribution in [0.2, 0.25) is 0 Å². The van der Waals surface area contributed by atoms with Crippen LogP contribution in [0.1, 0.15) is 13.3 Å². The number of nitrogens with zero attached hydrogens (tertiary/aromatic N) is 3. The van der Waals surface area contributed by atoms with E-state index < -0.39 is 0 Å². The van der Waals surface area contributed by atoms with Gasteiger partial charge in [-0.3, -0.25) is 0 Å². The molecule has 6 nitrogen and oxygen atoms in total. The van der Waals surface area contributed by atoms with Crippen molar-refractivity contribution in [2.24, 2.45) is 0 Å². The first kappa shape index (κ1) is 15.7. The largest absolute Gasteiger partial charge is 0.385 e. The summed E-state index contributed by atoms with van der Waals surface area (Å²) in [5.74, 6) is 1.76. The quantitative estimate of drug-likeness (QED) is 0.647. The number of hydrogen-bond acceptors (Lipinski definition) is 6. The van der Waals surface area contributed by atoms with Crippen molar-refractivity contribution in [3.05, 3.63) is 12.4 Å². The first-order valence-corrected chi connectivity index (χ1v) is 6.60. The average Bonchev–Trinajstić information content (AvgIpc) is 2.43. The molecule has 0 atom stereocenters. The molecule has 0 aromatic carbocycles. The van der Waals surface area contributed by atoms with E-state index in [-0.39, 0.29) is 0 Å². The van der Waals surface area contributed by atoms with Crippen LogP contribution in [-0.2, 0) is 9.47 Å². The summed E-state index contributed by atoms with van der Waals surface area (Å²) < 4.78 is 10.2. The molecule has 1 N–H and O–H groups in total. The summed E-state index contributed by atoms with van der Waals surface area (Å²) in [6.07, 6.45) is 2.55. The maximum absolute atomic E-state index is 5.15. The molecule has 1 rings (SSSR count). The fourth-order valence-corrected chi connectivity index (χ4v) is 1.74. The second-order valence-corrected chi connectivity index (χ2v) is 4.12.